The zero-order chi connectivity index (χ0) is 31.8. The topological polar surface area (TPSA) is 80.3 Å². The molecule has 0 aliphatic carbocycles. The maximum Gasteiger partial charge on any atom is 0.316 e. The van der Waals surface area contributed by atoms with Crippen molar-refractivity contribution in [3.63, 3.8) is 0 Å². The molecule has 0 amide bonds. The van der Waals surface area contributed by atoms with Gasteiger partial charge in [0.05, 0.1) is 55.9 Å². The van der Waals surface area contributed by atoms with Gasteiger partial charge in [0.1, 0.15) is 5.75 Å². The summed E-state index contributed by atoms with van der Waals surface area (Å²) in [6.45, 7) is 13.1. The first kappa shape index (κ1) is 42.6. The fourth-order valence-electron chi connectivity index (χ4n) is 4.02. The van der Waals surface area contributed by atoms with Crippen molar-refractivity contribution in [1.82, 2.24) is 0 Å². The molecule has 1 aliphatic rings. The van der Waals surface area contributed by atoms with Gasteiger partial charge in [-0.25, -0.2) is 0 Å². The van der Waals surface area contributed by atoms with Crippen molar-refractivity contribution in [2.45, 2.75) is 131 Å². The fourth-order valence-corrected chi connectivity index (χ4v) is 15.8. The summed E-state index contributed by atoms with van der Waals surface area (Å²) >= 11 is 10.3. The number of esters is 1. The Hall–Kier alpha value is 1.59. The Morgan fingerprint density at radius 3 is 1.98 bits per heavy atom. The minimum absolute atomic E-state index is 0.118. The Morgan fingerprint density at radius 2 is 1.40 bits per heavy atom. The van der Waals surface area contributed by atoms with Crippen molar-refractivity contribution in [1.29, 1.82) is 0 Å². The molecule has 0 radical (unpaired) electrons. The van der Waals surface area contributed by atoms with Crippen molar-refractivity contribution in [2.24, 2.45) is 11.8 Å². The zero-order valence-electron chi connectivity index (χ0n) is 27.2. The van der Waals surface area contributed by atoms with Crippen LogP contribution in [0.2, 0.25) is 0 Å². The highest BCUT2D eigenvalue weighted by Gasteiger charge is 2.37. The Kier molecular flexibility index (Phi) is 26.3. The maximum absolute atomic E-state index is 13.8. The first-order valence-corrected chi connectivity index (χ1v) is 26.4. The molecule has 1 fully saturated rings. The van der Waals surface area contributed by atoms with Gasteiger partial charge in [0.2, 0.25) is 5.69 Å². The molecule has 1 heterocycles. The molecule has 7 nitrogen and oxygen atoms in total. The first-order chi connectivity index (χ1) is 20.6. The van der Waals surface area contributed by atoms with Crippen LogP contribution in [-0.2, 0) is 43.3 Å². The summed E-state index contributed by atoms with van der Waals surface area (Å²) in [5, 5.41) is 0. The van der Waals surface area contributed by atoms with Crippen LogP contribution in [0.3, 0.4) is 0 Å². The molecule has 43 heavy (non-hydrogen) atoms. The number of carbonyl (C=O) groups excluding carboxylic acids is 1. The molecule has 0 spiro atoms. The third-order valence-corrected chi connectivity index (χ3v) is 20.6. The molecule has 0 bridgehead atoms. The van der Waals surface area contributed by atoms with Crippen LogP contribution in [-0.4, -0.2) is 50.0 Å². The van der Waals surface area contributed by atoms with Gasteiger partial charge >= 0.3 is 5.97 Å². The van der Waals surface area contributed by atoms with Crippen LogP contribution < -0.4 is 0 Å². The van der Waals surface area contributed by atoms with Gasteiger partial charge in [-0.2, -0.15) is 0 Å². The van der Waals surface area contributed by atoms with Crippen molar-refractivity contribution in [3.8, 4) is 0 Å². The highest BCUT2D eigenvalue weighted by Crippen LogP contribution is 2.79. The van der Waals surface area contributed by atoms with E-state index in [2.05, 4.69) is 34.6 Å². The molecule has 1 saturated heterocycles. The van der Waals surface area contributed by atoms with E-state index in [0.717, 1.165) is 61.9 Å². The van der Waals surface area contributed by atoms with E-state index in [0.29, 0.717) is 44.0 Å². The maximum atomic E-state index is 13.8. The van der Waals surface area contributed by atoms with E-state index in [1.807, 2.05) is 0 Å². The van der Waals surface area contributed by atoms with Crippen LogP contribution in [0.25, 0.3) is 0 Å². The van der Waals surface area contributed by atoms with Gasteiger partial charge in [0.25, 0.3) is 4.75 Å². The summed E-state index contributed by atoms with van der Waals surface area (Å²) in [4.78, 5) is 12.2. The fraction of sp³-hybridized carbons (Fsp3) is 0.966. The van der Waals surface area contributed by atoms with E-state index in [1.54, 1.807) is 0 Å². The molecule has 0 aromatic rings. The van der Waals surface area contributed by atoms with E-state index in [9.17, 15) is 9.36 Å². The normalized spacial score (nSPS) is 19.1. The third-order valence-electron chi connectivity index (χ3n) is 6.52. The first-order valence-electron chi connectivity index (χ1n) is 16.2. The van der Waals surface area contributed by atoms with E-state index < -0.39 is 10.4 Å². The van der Waals surface area contributed by atoms with Gasteiger partial charge < -0.3 is 22.2 Å². The third kappa shape index (κ3) is 24.4. The van der Waals surface area contributed by atoms with Crippen LogP contribution in [0.15, 0.2) is 0 Å². The lowest BCUT2D eigenvalue weighted by atomic mass is 10.1. The molecule has 0 saturated carbocycles. The van der Waals surface area contributed by atoms with Gasteiger partial charge in [-0.1, -0.05) is 128 Å². The smallest absolute Gasteiger partial charge is 0.316 e. The highest BCUT2D eigenvalue weighted by molar-refractivity contribution is 9.13. The molecule has 0 N–H and O–H groups in total. The van der Waals surface area contributed by atoms with Gasteiger partial charge in [-0.3, -0.25) is 9.36 Å². The summed E-state index contributed by atoms with van der Waals surface area (Å²) in [5.74, 6) is 1.71. The quantitative estimate of drug-likeness (QED) is 0.0317. The predicted molar refractivity (Wildman–Crippen MR) is 196 cm³/mol. The number of hydrogen-bond donors (Lipinski definition) is 0. The summed E-state index contributed by atoms with van der Waals surface area (Å²) in [7, 11) is 0. The monoisotopic (exact) mass is 740 g/mol. The van der Waals surface area contributed by atoms with E-state index >= 15 is 0 Å². The lowest BCUT2D eigenvalue weighted by Gasteiger charge is -2.17. The van der Waals surface area contributed by atoms with Gasteiger partial charge in [-0.05, 0) is 42.9 Å². The molecule has 0 aromatic carbocycles. The van der Waals surface area contributed by atoms with Crippen molar-refractivity contribution in [3.05, 3.63) is 0 Å². The van der Waals surface area contributed by atoms with Crippen molar-refractivity contribution >= 4 is 74.3 Å². The summed E-state index contributed by atoms with van der Waals surface area (Å²) in [6, 6.07) is 0. The van der Waals surface area contributed by atoms with Gasteiger partial charge in [0, 0.05) is 5.75 Å². The second kappa shape index (κ2) is 26.5. The van der Waals surface area contributed by atoms with E-state index in [-0.39, 0.29) is 17.8 Å². The average Bonchev–Trinajstić information content (AvgIpc) is 3.34. The molecule has 2 unspecified atom stereocenters. The standard InChI is InChI=1S/C29H58O7P2S5/c1-6-7-8-9-10-15-20-32-29(30)25-41-38(39)33-23-28(36-38)24-40-37(31,42-34-21-16-11-13-18-26(2)3)43-35-22-17-12-14-19-27(4)5/h26-28H,6-25H2,1-5H3. The largest absolute Gasteiger partial charge is 0.465 e. The molecule has 0 aromatic heterocycles. The van der Waals surface area contributed by atoms with Crippen LogP contribution in [0.5, 0.6) is 0 Å². The highest BCUT2D eigenvalue weighted by atomic mass is 33.4. The molecule has 256 valence electrons. The second-order valence-electron chi connectivity index (χ2n) is 11.8. The molecule has 1 aliphatic heterocycles. The summed E-state index contributed by atoms with van der Waals surface area (Å²) in [6.07, 6.45) is 15.5. The van der Waals surface area contributed by atoms with E-state index in [1.165, 1.54) is 74.1 Å². The van der Waals surface area contributed by atoms with Gasteiger partial charge in [0.15, 0.2) is 0 Å². The van der Waals surface area contributed by atoms with Crippen LogP contribution in [0, 0.1) is 11.8 Å². The summed E-state index contributed by atoms with van der Waals surface area (Å²) in [5.41, 5.74) is -2.64. The predicted octanol–water partition coefficient (Wildman–Crippen LogP) is 11.9. The second-order valence-corrected chi connectivity index (χ2v) is 28.6. The Bertz CT molecular complexity index is 781. The van der Waals surface area contributed by atoms with E-state index in [4.69, 9.17) is 34.0 Å². The van der Waals surface area contributed by atoms with Crippen LogP contribution >= 0.6 is 56.5 Å². The minimum Gasteiger partial charge on any atom is -0.465 e. The molecular formula is C29H58O7P2S5. The molecule has 14 heteroatoms. The number of ether oxygens (including phenoxy) is 1. The summed E-state index contributed by atoms with van der Waals surface area (Å²) < 4.78 is 39.7. The van der Waals surface area contributed by atoms with Crippen molar-refractivity contribution < 1.29 is 31.5 Å². The SMILES string of the molecule is CCCCCCCCOC(=O)CSP1(=S)OCC(CSP(=O)(SOCCCCCC(C)C)SOCCCCCC(C)C)O1. The number of carbonyl (C=O) groups is 1. The molecule has 1 rings (SSSR count). The molecule has 2 atom stereocenters. The number of rotatable bonds is 29. The lowest BCUT2D eigenvalue weighted by Crippen LogP contribution is -2.11. The average molecular weight is 741 g/mol. The van der Waals surface area contributed by atoms with Crippen molar-refractivity contribution in [2.75, 3.05) is 37.9 Å². The zero-order valence-corrected chi connectivity index (χ0v) is 33.0. The van der Waals surface area contributed by atoms with Crippen LogP contribution in [0.4, 0.5) is 0 Å². The molecular weight excluding hydrogens is 683 g/mol. The number of hydrogen-bond acceptors (Lipinski definition) is 12. The van der Waals surface area contributed by atoms with Gasteiger partial charge in [-0.15, -0.1) is 0 Å². The minimum atomic E-state index is -2.94. The Labute approximate surface area is 284 Å². The number of unbranched alkanes of at least 4 members (excludes halogenated alkanes) is 9. The Balaban J connectivity index is 2.41. The van der Waals surface area contributed by atoms with Crippen LogP contribution in [0.1, 0.15) is 125 Å². The lowest BCUT2D eigenvalue weighted by molar-refractivity contribution is -0.140. The Morgan fingerprint density at radius 1 is 0.860 bits per heavy atom.